The number of hydrogen-bond donors (Lipinski definition) is 4. The molecule has 6 N–H and O–H groups in total. The number of hydrogen-bond acceptors (Lipinski definition) is 18. The molecule has 8 heterocycles. The quantitative estimate of drug-likeness (QED) is 0.0532. The monoisotopic (exact) mass is 1330 g/mol. The van der Waals surface area contributed by atoms with E-state index in [-0.39, 0.29) is 67.6 Å². The molecule has 4 atom stereocenters. The molecule has 4 aromatic carbocycles. The van der Waals surface area contributed by atoms with Gasteiger partial charge in [-0.15, -0.1) is 22.7 Å². The molecular weight excluding hydrogens is 1270 g/mol. The van der Waals surface area contributed by atoms with Crippen LogP contribution in [0.3, 0.4) is 0 Å². The summed E-state index contributed by atoms with van der Waals surface area (Å²) in [6.45, 7) is 8.81. The largest absolute Gasteiger partial charge is 0.463 e. The van der Waals surface area contributed by atoms with E-state index in [1.54, 1.807) is 59.6 Å². The predicted octanol–water partition coefficient (Wildman–Crippen LogP) is 7.78. The highest BCUT2D eigenvalue weighted by molar-refractivity contribution is 7.12. The van der Waals surface area contributed by atoms with Gasteiger partial charge in [-0.05, 0) is 91.9 Å². The standard InChI is InChI=1S/C32H33Cl2N7O4S.C32H33F2N7O4S/c1-2-45-31(43)27-25(37-29(30-36-11-14-46-30)38-28(27)23-9-6-20(33)15-24(23)34)18-39-12-13-40-22(16-39)17-41(32(40)44)21-7-3-19(4-8-21)5-10-26(35)42;1-2-45-31(43)27-25(37-29(30-36-11-14-46-30)38-28(27)20-6-9-23(33)24(34)15-20)18-39-12-13-40-22(16-39)17-41(32(40)44)21-7-3-19(4-8-21)5-10-26(35)42/h2*3-4,6-9,11,14-15,22,28H,2,5,10,12-13,16-18H2,1H3,(H2,35,42)(H,37,38)/t2*22-,28-/m00/s1. The second-order valence-corrected chi connectivity index (χ2v) is 25.1. The molecular formula is C64H66Cl2F2N14O8S2. The molecule has 2 aromatic heterocycles. The number of urea groups is 2. The lowest BCUT2D eigenvalue weighted by Gasteiger charge is -2.38. The number of aliphatic imine (C=N–C) groups is 2. The van der Waals surface area contributed by atoms with E-state index in [4.69, 9.17) is 54.1 Å². The number of amidine groups is 2. The Balaban J connectivity index is 0.000000188. The van der Waals surface area contributed by atoms with Crippen LogP contribution >= 0.6 is 45.9 Å². The number of fused-ring (bicyclic) bond motifs is 2. The fraction of sp³-hybridized carbons (Fsp3) is 0.344. The number of aryl methyl sites for hydroxylation is 2. The number of anilines is 2. The molecule has 6 aromatic rings. The first-order valence-corrected chi connectivity index (χ1v) is 32.5. The van der Waals surface area contributed by atoms with Gasteiger partial charge in [0.25, 0.3) is 0 Å². The van der Waals surface area contributed by atoms with E-state index in [1.165, 1.54) is 28.7 Å². The van der Waals surface area contributed by atoms with Crippen molar-refractivity contribution < 1.29 is 47.0 Å². The van der Waals surface area contributed by atoms with Crippen LogP contribution in [0.4, 0.5) is 29.7 Å². The van der Waals surface area contributed by atoms with Crippen LogP contribution in [0.2, 0.25) is 10.0 Å². The minimum absolute atomic E-state index is 0.0348. The zero-order valence-electron chi connectivity index (χ0n) is 50.2. The smallest absolute Gasteiger partial charge is 0.338 e. The molecule has 480 valence electrons. The molecule has 0 saturated carbocycles. The van der Waals surface area contributed by atoms with Gasteiger partial charge in [-0.3, -0.25) is 39.2 Å². The summed E-state index contributed by atoms with van der Waals surface area (Å²) in [6, 6.07) is 21.9. The van der Waals surface area contributed by atoms with E-state index in [0.717, 1.165) is 34.6 Å². The second kappa shape index (κ2) is 28.9. The number of nitrogens with one attached hydrogen (secondary N) is 2. The molecule has 4 fully saturated rings. The Hall–Kier alpha value is -8.66. The van der Waals surface area contributed by atoms with Gasteiger partial charge in [0.1, 0.15) is 12.1 Å². The van der Waals surface area contributed by atoms with E-state index in [2.05, 4.69) is 30.4 Å². The Labute approximate surface area is 547 Å². The fourth-order valence-electron chi connectivity index (χ4n) is 12.0. The minimum Gasteiger partial charge on any atom is -0.463 e. The summed E-state index contributed by atoms with van der Waals surface area (Å²) in [5.74, 6) is -2.89. The molecule has 0 radical (unpaired) electrons. The van der Waals surface area contributed by atoms with Crippen molar-refractivity contribution in [2.75, 3.05) is 88.5 Å². The molecule has 92 heavy (non-hydrogen) atoms. The van der Waals surface area contributed by atoms with Crippen LogP contribution in [0.15, 0.2) is 141 Å². The van der Waals surface area contributed by atoms with Crippen LogP contribution in [-0.2, 0) is 41.5 Å². The average molecular weight is 1330 g/mol. The molecule has 0 spiro atoms. The maximum atomic E-state index is 14.4. The van der Waals surface area contributed by atoms with Gasteiger partial charge in [0.05, 0.1) is 36.4 Å². The zero-order chi connectivity index (χ0) is 64.7. The number of nitrogens with zero attached hydrogens (tertiary/aromatic N) is 10. The first-order chi connectivity index (χ1) is 44.4. The highest BCUT2D eigenvalue weighted by Gasteiger charge is 2.45. The molecule has 4 saturated heterocycles. The third-order valence-electron chi connectivity index (χ3n) is 16.5. The van der Waals surface area contributed by atoms with Gasteiger partial charge in [-0.1, -0.05) is 59.6 Å². The molecule has 6 aliphatic heterocycles. The fourth-order valence-corrected chi connectivity index (χ4v) is 13.7. The number of thiazole rings is 2. The normalized spacial score (nSPS) is 20.0. The van der Waals surface area contributed by atoms with Gasteiger partial charge >= 0.3 is 24.0 Å². The third kappa shape index (κ3) is 14.6. The molecule has 6 amide bonds. The van der Waals surface area contributed by atoms with E-state index in [9.17, 15) is 37.5 Å². The van der Waals surface area contributed by atoms with Gasteiger partial charge in [-0.25, -0.2) is 37.9 Å². The SMILES string of the molecule is CCOC(=O)C1=C(CN2CCN3C(=O)N(c4ccc(CCC(N)=O)cc4)C[C@@H]3C2)NC(c2nccs2)=N[C@H]1c1ccc(Cl)cc1Cl.CCOC(=O)C1=C(CN2CCN3C(=O)N(c4ccc(CCC(N)=O)cc4)C[C@@H]3C2)NC(c2nccs2)=N[C@H]1c1ccc(F)c(F)c1. The van der Waals surface area contributed by atoms with E-state index in [0.29, 0.717) is 138 Å². The number of aromatic nitrogens is 2. The van der Waals surface area contributed by atoms with Crippen LogP contribution in [0.25, 0.3) is 0 Å². The van der Waals surface area contributed by atoms with E-state index < -0.39 is 35.7 Å². The van der Waals surface area contributed by atoms with Crippen molar-refractivity contribution in [2.45, 2.75) is 63.7 Å². The molecule has 0 bridgehead atoms. The summed E-state index contributed by atoms with van der Waals surface area (Å²) in [4.78, 5) is 106. The summed E-state index contributed by atoms with van der Waals surface area (Å²) in [5.41, 5.74) is 16.8. The second-order valence-electron chi connectivity index (χ2n) is 22.5. The number of ether oxygens (including phenoxy) is 2. The summed E-state index contributed by atoms with van der Waals surface area (Å²) < 4.78 is 39.2. The summed E-state index contributed by atoms with van der Waals surface area (Å²) >= 11 is 15.7. The zero-order valence-corrected chi connectivity index (χ0v) is 53.4. The summed E-state index contributed by atoms with van der Waals surface area (Å²) in [6.07, 6.45) is 4.98. The number of amides is 6. The highest BCUT2D eigenvalue weighted by atomic mass is 35.5. The lowest BCUT2D eigenvalue weighted by atomic mass is 9.95. The van der Waals surface area contributed by atoms with Gasteiger partial charge in [-0.2, -0.15) is 0 Å². The average Bonchev–Trinajstić information content (AvgIpc) is 1.24. The van der Waals surface area contributed by atoms with Crippen LogP contribution in [0, 0.1) is 11.6 Å². The van der Waals surface area contributed by atoms with Gasteiger partial charge in [0.2, 0.25) is 11.8 Å². The number of nitrogens with two attached hydrogens (primary N) is 2. The molecule has 6 aliphatic rings. The lowest BCUT2D eigenvalue weighted by molar-refractivity contribution is -0.139. The molecule has 0 aliphatic carbocycles. The van der Waals surface area contributed by atoms with Crippen molar-refractivity contribution in [3.63, 3.8) is 0 Å². The van der Waals surface area contributed by atoms with Gasteiger partial charge in [0, 0.05) is 140 Å². The summed E-state index contributed by atoms with van der Waals surface area (Å²) in [5, 5.41) is 12.5. The van der Waals surface area contributed by atoms with Gasteiger partial charge < -0.3 is 41.4 Å². The number of halogens is 4. The number of benzene rings is 4. The van der Waals surface area contributed by atoms with Crippen LogP contribution < -0.4 is 31.9 Å². The third-order valence-corrected chi connectivity index (χ3v) is 18.6. The minimum atomic E-state index is -1.04. The Morgan fingerprint density at radius 2 is 1.09 bits per heavy atom. The van der Waals surface area contributed by atoms with Crippen LogP contribution in [0.1, 0.15) is 71.0 Å². The number of carbonyl (C=O) groups is 6. The summed E-state index contributed by atoms with van der Waals surface area (Å²) in [7, 11) is 0. The van der Waals surface area contributed by atoms with Crippen molar-refractivity contribution in [3.05, 3.63) is 185 Å². The molecule has 12 rings (SSSR count). The first-order valence-electron chi connectivity index (χ1n) is 30.0. The highest BCUT2D eigenvalue weighted by Crippen LogP contribution is 2.39. The maximum Gasteiger partial charge on any atom is 0.338 e. The Bertz CT molecular complexity index is 3900. The van der Waals surface area contributed by atoms with Crippen LogP contribution in [-0.4, -0.2) is 168 Å². The van der Waals surface area contributed by atoms with Crippen molar-refractivity contribution in [1.29, 1.82) is 0 Å². The van der Waals surface area contributed by atoms with Crippen LogP contribution in [0.5, 0.6) is 0 Å². The lowest BCUT2D eigenvalue weighted by Crippen LogP contribution is -2.53. The molecule has 0 unspecified atom stereocenters. The number of esters is 2. The van der Waals surface area contributed by atoms with Gasteiger partial charge in [0.15, 0.2) is 33.3 Å². The Morgan fingerprint density at radius 1 is 0.609 bits per heavy atom. The van der Waals surface area contributed by atoms with E-state index >= 15 is 0 Å². The number of primary amides is 2. The van der Waals surface area contributed by atoms with Crippen molar-refractivity contribution in [3.8, 4) is 0 Å². The van der Waals surface area contributed by atoms with Crippen molar-refractivity contribution in [1.82, 2.24) is 40.2 Å². The Kier molecular flexibility index (Phi) is 20.4. The molecule has 22 nitrogen and oxygen atoms in total. The maximum absolute atomic E-state index is 14.4. The van der Waals surface area contributed by atoms with Crippen molar-refractivity contribution >= 4 is 105 Å². The topological polar surface area (TPSA) is 267 Å². The van der Waals surface area contributed by atoms with Crippen molar-refractivity contribution in [2.24, 2.45) is 21.5 Å². The molecule has 28 heteroatoms. The number of piperazine rings is 2. The van der Waals surface area contributed by atoms with E-state index in [1.807, 2.05) is 63.7 Å². The Morgan fingerprint density at radius 3 is 1.52 bits per heavy atom. The number of rotatable bonds is 20. The predicted molar refractivity (Wildman–Crippen MR) is 346 cm³/mol. The number of carbonyl (C=O) groups excluding carboxylic acids is 6. The first kappa shape index (κ1) is 64.9.